The van der Waals surface area contributed by atoms with Gasteiger partial charge < -0.3 is 19.1 Å². The van der Waals surface area contributed by atoms with Gasteiger partial charge in [-0.05, 0) is 58.7 Å². The minimum atomic E-state index is -0.633. The molecule has 0 saturated carbocycles. The molecule has 10 heteroatoms. The number of fused-ring (bicyclic) bond motifs is 2. The van der Waals surface area contributed by atoms with E-state index in [9.17, 15) is 9.59 Å². The molecule has 1 atom stereocenters. The number of carbonyl (C=O) groups is 2. The van der Waals surface area contributed by atoms with Crippen LogP contribution in [0.3, 0.4) is 0 Å². The Balaban J connectivity index is 1.66. The Morgan fingerprint density at radius 3 is 2.47 bits per heavy atom. The Hall–Kier alpha value is -4.21. The topological polar surface area (TPSA) is 109 Å². The molecule has 1 aliphatic rings. The predicted octanol–water partition coefficient (Wildman–Crippen LogP) is 5.21. The van der Waals surface area contributed by atoms with E-state index in [-0.39, 0.29) is 6.04 Å². The number of aromatic nitrogens is 4. The number of nitrogens with zero attached hydrogens (tertiary/aromatic N) is 5. The van der Waals surface area contributed by atoms with Crippen molar-refractivity contribution < 1.29 is 23.8 Å². The molecule has 38 heavy (non-hydrogen) atoms. The average Bonchev–Trinajstić information content (AvgIpc) is 3.51. The number of benzene rings is 2. The second-order valence-electron chi connectivity index (χ2n) is 10.4. The van der Waals surface area contributed by atoms with E-state index in [1.165, 1.54) is 18.9 Å². The monoisotopic (exact) mass is 517 g/mol. The van der Waals surface area contributed by atoms with Gasteiger partial charge in [0.05, 0.1) is 37.0 Å². The first-order valence-electron chi connectivity index (χ1n) is 12.6. The molecule has 0 amide bonds. The highest BCUT2D eigenvalue weighted by Crippen LogP contribution is 2.36. The average molecular weight is 518 g/mol. The van der Waals surface area contributed by atoms with Gasteiger partial charge in [-0.2, -0.15) is 9.78 Å². The van der Waals surface area contributed by atoms with Crippen LogP contribution >= 0.6 is 0 Å². The molecule has 5 rings (SSSR count). The van der Waals surface area contributed by atoms with E-state index in [1.54, 1.807) is 18.3 Å². The molecule has 0 N–H and O–H groups in total. The van der Waals surface area contributed by atoms with Crippen molar-refractivity contribution in [1.82, 2.24) is 19.7 Å². The Morgan fingerprint density at radius 2 is 1.82 bits per heavy atom. The zero-order chi connectivity index (χ0) is 27.2. The standard InChI is InChI=1S/C28H31N5O5/c1-16-8-7-11-32(16)25-24(30-21-14-23(36-5)19(26(34)37-6)13-20(21)31-25)17-9-10-22-18(12-17)15-29-33(22)27(35)38-28(2,3)4/h9-10,12-16H,7-8,11H2,1-6H3/t16-/m0/s1. The second-order valence-corrected chi connectivity index (χ2v) is 10.4. The van der Waals surface area contributed by atoms with Gasteiger partial charge in [-0.1, -0.05) is 6.07 Å². The largest absolute Gasteiger partial charge is 0.496 e. The van der Waals surface area contributed by atoms with E-state index >= 15 is 0 Å². The molecule has 198 valence electrons. The summed E-state index contributed by atoms with van der Waals surface area (Å²) in [5.41, 5.74) is 2.99. The lowest BCUT2D eigenvalue weighted by Gasteiger charge is -2.25. The van der Waals surface area contributed by atoms with Gasteiger partial charge >= 0.3 is 12.1 Å². The highest BCUT2D eigenvalue weighted by atomic mass is 16.6. The molecule has 1 fully saturated rings. The van der Waals surface area contributed by atoms with Crippen molar-refractivity contribution in [3.8, 4) is 17.0 Å². The van der Waals surface area contributed by atoms with Gasteiger partial charge in [0.1, 0.15) is 22.6 Å². The van der Waals surface area contributed by atoms with Crippen LogP contribution in [0.25, 0.3) is 33.2 Å². The summed E-state index contributed by atoms with van der Waals surface area (Å²) in [4.78, 5) is 37.3. The summed E-state index contributed by atoms with van der Waals surface area (Å²) >= 11 is 0. The number of hydrogen-bond acceptors (Lipinski definition) is 9. The Labute approximate surface area is 220 Å². The SMILES string of the molecule is COC(=O)c1cc2nc(N3CCC[C@@H]3C)c(-c3ccc4c(cnn4C(=O)OC(C)(C)C)c3)nc2cc1OC. The van der Waals surface area contributed by atoms with Crippen molar-refractivity contribution in [3.63, 3.8) is 0 Å². The predicted molar refractivity (Wildman–Crippen MR) is 144 cm³/mol. The van der Waals surface area contributed by atoms with Crippen LogP contribution in [0.2, 0.25) is 0 Å². The van der Waals surface area contributed by atoms with E-state index < -0.39 is 17.7 Å². The third-order valence-electron chi connectivity index (χ3n) is 6.61. The quantitative estimate of drug-likeness (QED) is 0.337. The number of rotatable bonds is 4. The number of methoxy groups -OCH3 is 2. The van der Waals surface area contributed by atoms with Crippen LogP contribution in [-0.2, 0) is 9.47 Å². The lowest BCUT2D eigenvalue weighted by Crippen LogP contribution is -2.28. The Morgan fingerprint density at radius 1 is 1.05 bits per heavy atom. The van der Waals surface area contributed by atoms with Gasteiger partial charge in [0, 0.05) is 29.6 Å². The molecule has 4 aromatic rings. The van der Waals surface area contributed by atoms with Crippen molar-refractivity contribution >= 4 is 39.8 Å². The maximum absolute atomic E-state index is 12.7. The number of hydrogen-bond donors (Lipinski definition) is 0. The molecule has 3 heterocycles. The van der Waals surface area contributed by atoms with Crippen LogP contribution in [0.1, 0.15) is 50.9 Å². The molecule has 1 saturated heterocycles. The Bertz CT molecular complexity index is 1560. The molecular formula is C28H31N5O5. The van der Waals surface area contributed by atoms with Crippen LogP contribution < -0.4 is 9.64 Å². The fourth-order valence-corrected chi connectivity index (χ4v) is 4.79. The summed E-state index contributed by atoms with van der Waals surface area (Å²) in [6.07, 6.45) is 3.21. The van der Waals surface area contributed by atoms with E-state index in [0.717, 1.165) is 36.2 Å². The van der Waals surface area contributed by atoms with Gasteiger partial charge in [0.25, 0.3) is 0 Å². The number of carbonyl (C=O) groups excluding carboxylic acids is 2. The smallest absolute Gasteiger partial charge is 0.435 e. The molecule has 0 unspecified atom stereocenters. The lowest BCUT2D eigenvalue weighted by atomic mass is 10.1. The van der Waals surface area contributed by atoms with E-state index in [0.29, 0.717) is 33.6 Å². The fraction of sp³-hybridized carbons (Fsp3) is 0.393. The first-order valence-corrected chi connectivity index (χ1v) is 12.6. The van der Waals surface area contributed by atoms with E-state index in [4.69, 9.17) is 24.2 Å². The molecule has 10 nitrogen and oxygen atoms in total. The summed E-state index contributed by atoms with van der Waals surface area (Å²) in [5.74, 6) is 0.599. The number of ether oxygens (including phenoxy) is 3. The van der Waals surface area contributed by atoms with Crippen molar-refractivity contribution in [3.05, 3.63) is 42.1 Å². The molecule has 1 aliphatic heterocycles. The van der Waals surface area contributed by atoms with Gasteiger partial charge in [0.2, 0.25) is 0 Å². The first-order chi connectivity index (χ1) is 18.1. The summed E-state index contributed by atoms with van der Waals surface area (Å²) in [7, 11) is 2.83. The summed E-state index contributed by atoms with van der Waals surface area (Å²) < 4.78 is 17.1. The third-order valence-corrected chi connectivity index (χ3v) is 6.61. The summed E-state index contributed by atoms with van der Waals surface area (Å²) in [5, 5.41) is 5.04. The van der Waals surface area contributed by atoms with Crippen LogP contribution in [-0.4, -0.2) is 64.2 Å². The second kappa shape index (κ2) is 9.59. The maximum atomic E-state index is 12.7. The highest BCUT2D eigenvalue weighted by Gasteiger charge is 2.27. The maximum Gasteiger partial charge on any atom is 0.435 e. The molecule has 2 aromatic heterocycles. The normalized spacial score (nSPS) is 15.7. The zero-order valence-electron chi connectivity index (χ0n) is 22.4. The minimum Gasteiger partial charge on any atom is -0.496 e. The lowest BCUT2D eigenvalue weighted by molar-refractivity contribution is 0.0521. The van der Waals surface area contributed by atoms with Crippen LogP contribution in [0, 0.1) is 0 Å². The molecular weight excluding hydrogens is 486 g/mol. The van der Waals surface area contributed by atoms with E-state index in [2.05, 4.69) is 16.9 Å². The molecule has 0 aliphatic carbocycles. The molecule has 0 radical (unpaired) electrons. The molecule has 0 bridgehead atoms. The van der Waals surface area contributed by atoms with Crippen LogP contribution in [0.5, 0.6) is 5.75 Å². The zero-order valence-corrected chi connectivity index (χ0v) is 22.4. The molecule has 0 spiro atoms. The first kappa shape index (κ1) is 25.4. The summed E-state index contributed by atoms with van der Waals surface area (Å²) in [6.45, 7) is 8.48. The van der Waals surface area contributed by atoms with Crippen molar-refractivity contribution in [2.24, 2.45) is 0 Å². The summed E-state index contributed by atoms with van der Waals surface area (Å²) in [6, 6.07) is 9.35. The van der Waals surface area contributed by atoms with E-state index in [1.807, 2.05) is 39.0 Å². The van der Waals surface area contributed by atoms with Crippen molar-refractivity contribution in [2.75, 3.05) is 25.7 Å². The number of esters is 1. The van der Waals surface area contributed by atoms with Gasteiger partial charge in [0.15, 0.2) is 5.82 Å². The van der Waals surface area contributed by atoms with Gasteiger partial charge in [-0.3, -0.25) is 0 Å². The van der Waals surface area contributed by atoms with Crippen LogP contribution in [0.4, 0.5) is 10.6 Å². The van der Waals surface area contributed by atoms with Gasteiger partial charge in [-0.25, -0.2) is 19.6 Å². The number of anilines is 1. The molecule has 2 aromatic carbocycles. The fourth-order valence-electron chi connectivity index (χ4n) is 4.79. The minimum absolute atomic E-state index is 0.289. The van der Waals surface area contributed by atoms with Gasteiger partial charge in [-0.15, -0.1) is 0 Å². The highest BCUT2D eigenvalue weighted by molar-refractivity contribution is 5.98. The van der Waals surface area contributed by atoms with Crippen molar-refractivity contribution in [2.45, 2.75) is 52.2 Å². The van der Waals surface area contributed by atoms with Crippen LogP contribution in [0.15, 0.2) is 36.5 Å². The Kier molecular flexibility index (Phi) is 6.42. The van der Waals surface area contributed by atoms with Crippen molar-refractivity contribution in [1.29, 1.82) is 0 Å². The third kappa shape index (κ3) is 4.62.